The summed E-state index contributed by atoms with van der Waals surface area (Å²) in [6.07, 6.45) is 11.2. The molecule has 1 heterocycles. The van der Waals surface area contributed by atoms with Crippen molar-refractivity contribution in [2.24, 2.45) is 5.92 Å². The van der Waals surface area contributed by atoms with Crippen LogP contribution in [0, 0.1) is 5.92 Å². The molecule has 1 amide bonds. The Hall–Kier alpha value is -2.36. The summed E-state index contributed by atoms with van der Waals surface area (Å²) >= 11 is 0. The number of benzene rings is 1. The summed E-state index contributed by atoms with van der Waals surface area (Å²) in [7, 11) is 0. The number of hydrogen-bond acceptors (Lipinski definition) is 3. The Morgan fingerprint density at radius 1 is 1.00 bits per heavy atom. The van der Waals surface area contributed by atoms with Gasteiger partial charge in [-0.1, -0.05) is 69.7 Å². The minimum absolute atomic E-state index is 0.0438. The van der Waals surface area contributed by atoms with E-state index >= 15 is 0 Å². The number of amides is 1. The number of carbonyl (C=O) groups is 1. The largest absolute Gasteiger partial charge is 0.478 e. The van der Waals surface area contributed by atoms with Gasteiger partial charge in [-0.05, 0) is 44.2 Å². The van der Waals surface area contributed by atoms with Crippen molar-refractivity contribution in [3.8, 4) is 5.88 Å². The normalized spacial score (nSPS) is 11.8. The van der Waals surface area contributed by atoms with Gasteiger partial charge in [-0.3, -0.25) is 4.79 Å². The van der Waals surface area contributed by atoms with Gasteiger partial charge in [-0.2, -0.15) is 0 Å². The monoisotopic (exact) mass is 410 g/mol. The Balaban J connectivity index is 1.45. The lowest BCUT2D eigenvalue weighted by molar-refractivity contribution is -0.116. The third kappa shape index (κ3) is 9.91. The van der Waals surface area contributed by atoms with Crippen LogP contribution in [0.1, 0.15) is 72.1 Å². The number of carbonyl (C=O) groups excluding carboxylic acids is 1. The van der Waals surface area contributed by atoms with Crippen LogP contribution < -0.4 is 10.1 Å². The van der Waals surface area contributed by atoms with E-state index in [1.165, 1.54) is 37.7 Å². The Kier molecular flexibility index (Phi) is 11.0. The highest BCUT2D eigenvalue weighted by Crippen LogP contribution is 2.17. The number of unbranched alkanes of at least 4 members (excludes halogenated alkanes) is 6. The highest BCUT2D eigenvalue weighted by atomic mass is 16.5. The molecule has 4 heteroatoms. The first-order valence-electron chi connectivity index (χ1n) is 11.5. The van der Waals surface area contributed by atoms with E-state index in [2.05, 4.69) is 43.2 Å². The van der Waals surface area contributed by atoms with Crippen LogP contribution in [0.3, 0.4) is 0 Å². The summed E-state index contributed by atoms with van der Waals surface area (Å²) in [5.41, 5.74) is 2.16. The average molecular weight is 411 g/mol. The molecule has 4 nitrogen and oxygen atoms in total. The van der Waals surface area contributed by atoms with Crippen molar-refractivity contribution in [1.29, 1.82) is 0 Å². The van der Waals surface area contributed by atoms with Crippen molar-refractivity contribution in [2.45, 2.75) is 72.1 Å². The molecule has 0 fully saturated rings. The zero-order valence-electron chi connectivity index (χ0n) is 19.0. The maximum absolute atomic E-state index is 11.8. The third-order valence-corrected chi connectivity index (χ3v) is 5.10. The van der Waals surface area contributed by atoms with Gasteiger partial charge in [-0.15, -0.1) is 0 Å². The second-order valence-electron chi connectivity index (χ2n) is 8.55. The highest BCUT2D eigenvalue weighted by molar-refractivity contribution is 5.88. The van der Waals surface area contributed by atoms with Gasteiger partial charge < -0.3 is 10.1 Å². The fourth-order valence-electron chi connectivity index (χ4n) is 3.35. The second-order valence-corrected chi connectivity index (χ2v) is 8.55. The van der Waals surface area contributed by atoms with E-state index in [1.807, 2.05) is 24.3 Å². The van der Waals surface area contributed by atoms with E-state index in [1.54, 1.807) is 6.08 Å². The van der Waals surface area contributed by atoms with Crippen molar-refractivity contribution < 1.29 is 9.53 Å². The number of nitrogens with one attached hydrogen (secondary N) is 1. The molecule has 1 N–H and O–H groups in total. The summed E-state index contributed by atoms with van der Waals surface area (Å²) in [6, 6.07) is 12.1. The van der Waals surface area contributed by atoms with Crippen LogP contribution in [0.4, 0.5) is 0 Å². The molecule has 0 bridgehead atoms. The number of fused-ring (bicyclic) bond motifs is 1. The first kappa shape index (κ1) is 23.9. The van der Waals surface area contributed by atoms with Gasteiger partial charge in [0.05, 0.1) is 12.1 Å². The van der Waals surface area contributed by atoms with E-state index in [0.717, 1.165) is 49.2 Å². The summed E-state index contributed by atoms with van der Waals surface area (Å²) in [5.74, 6) is 1.25. The highest BCUT2D eigenvalue weighted by Gasteiger charge is 2.01. The van der Waals surface area contributed by atoms with Crippen molar-refractivity contribution in [3.63, 3.8) is 0 Å². The standard InChI is InChI=1S/C26H38N2O2/c1-21(2)20-27-25(29)19-22(3)13-9-7-5-4-6-8-12-18-30-26-17-16-23-14-10-11-15-24(23)28-26/h10-11,14-17,19,21H,4-9,12-13,18,20H2,1-3H3,(H,27,29). The van der Waals surface area contributed by atoms with Crippen LogP contribution in [0.25, 0.3) is 10.9 Å². The van der Waals surface area contributed by atoms with Gasteiger partial charge in [0, 0.05) is 24.1 Å². The van der Waals surface area contributed by atoms with Crippen LogP contribution in [-0.4, -0.2) is 24.0 Å². The molecule has 1 aromatic heterocycles. The fourth-order valence-corrected chi connectivity index (χ4v) is 3.35. The number of ether oxygens (including phenoxy) is 1. The fraction of sp³-hybridized carbons (Fsp3) is 0.538. The topological polar surface area (TPSA) is 51.2 Å². The summed E-state index contributed by atoms with van der Waals surface area (Å²) in [5, 5.41) is 4.08. The van der Waals surface area contributed by atoms with E-state index in [-0.39, 0.29) is 5.91 Å². The van der Waals surface area contributed by atoms with Crippen LogP contribution in [0.5, 0.6) is 5.88 Å². The SMILES string of the molecule is CC(=CC(=O)NCC(C)C)CCCCCCCCCOc1ccc2ccccc2n1. The molecule has 0 aliphatic carbocycles. The number of allylic oxidation sites excluding steroid dienone is 1. The molecule has 2 rings (SSSR count). The van der Waals surface area contributed by atoms with Crippen molar-refractivity contribution in [2.75, 3.05) is 13.2 Å². The number of hydrogen-bond donors (Lipinski definition) is 1. The zero-order chi connectivity index (χ0) is 21.6. The van der Waals surface area contributed by atoms with Gasteiger partial charge >= 0.3 is 0 Å². The lowest BCUT2D eigenvalue weighted by Gasteiger charge is -2.07. The number of rotatable bonds is 14. The Bertz CT molecular complexity index is 798. The molecule has 0 spiro atoms. The van der Waals surface area contributed by atoms with Crippen LogP contribution >= 0.6 is 0 Å². The Morgan fingerprint density at radius 2 is 1.70 bits per heavy atom. The predicted molar refractivity (Wildman–Crippen MR) is 126 cm³/mol. The van der Waals surface area contributed by atoms with Crippen LogP contribution in [0.15, 0.2) is 48.0 Å². The smallest absolute Gasteiger partial charge is 0.243 e. The molecular formula is C26H38N2O2. The summed E-state index contributed by atoms with van der Waals surface area (Å²) in [4.78, 5) is 16.3. The molecule has 2 aromatic rings. The minimum Gasteiger partial charge on any atom is -0.478 e. The van der Waals surface area contributed by atoms with E-state index in [0.29, 0.717) is 5.92 Å². The molecule has 0 radical (unpaired) electrons. The molecule has 0 unspecified atom stereocenters. The maximum atomic E-state index is 11.8. The van der Waals surface area contributed by atoms with Gasteiger partial charge in [0.2, 0.25) is 11.8 Å². The summed E-state index contributed by atoms with van der Waals surface area (Å²) < 4.78 is 5.80. The maximum Gasteiger partial charge on any atom is 0.243 e. The lowest BCUT2D eigenvalue weighted by Crippen LogP contribution is -2.25. The van der Waals surface area contributed by atoms with Gasteiger partial charge in [0.1, 0.15) is 0 Å². The predicted octanol–water partition coefficient (Wildman–Crippen LogP) is 6.45. The van der Waals surface area contributed by atoms with E-state index in [4.69, 9.17) is 4.74 Å². The number of pyridine rings is 1. The number of para-hydroxylation sites is 1. The molecule has 0 saturated carbocycles. The minimum atomic E-state index is 0.0438. The van der Waals surface area contributed by atoms with E-state index in [9.17, 15) is 4.79 Å². The Morgan fingerprint density at radius 3 is 2.47 bits per heavy atom. The van der Waals surface area contributed by atoms with Crippen LogP contribution in [0.2, 0.25) is 0 Å². The summed E-state index contributed by atoms with van der Waals surface area (Å²) in [6.45, 7) is 7.73. The van der Waals surface area contributed by atoms with E-state index < -0.39 is 0 Å². The second kappa shape index (κ2) is 13.8. The molecule has 164 valence electrons. The Labute approximate surface area is 182 Å². The van der Waals surface area contributed by atoms with Crippen molar-refractivity contribution >= 4 is 16.8 Å². The molecule has 30 heavy (non-hydrogen) atoms. The molecular weight excluding hydrogens is 372 g/mol. The van der Waals surface area contributed by atoms with Crippen LogP contribution in [-0.2, 0) is 4.79 Å². The first-order chi connectivity index (χ1) is 14.5. The van der Waals surface area contributed by atoms with Gasteiger partial charge in [-0.25, -0.2) is 4.98 Å². The lowest BCUT2D eigenvalue weighted by atomic mass is 10.1. The quantitative estimate of drug-likeness (QED) is 0.287. The van der Waals surface area contributed by atoms with Crippen molar-refractivity contribution in [3.05, 3.63) is 48.0 Å². The third-order valence-electron chi connectivity index (χ3n) is 5.10. The molecule has 1 aromatic carbocycles. The zero-order valence-corrected chi connectivity index (χ0v) is 19.0. The van der Waals surface area contributed by atoms with Gasteiger partial charge in [0.25, 0.3) is 0 Å². The molecule has 0 atom stereocenters. The molecule has 0 aliphatic heterocycles. The molecule has 0 aliphatic rings. The number of nitrogens with zero attached hydrogens (tertiary/aromatic N) is 1. The van der Waals surface area contributed by atoms with Gasteiger partial charge in [0.15, 0.2) is 0 Å². The molecule has 0 saturated heterocycles. The average Bonchev–Trinajstić information content (AvgIpc) is 2.73. The first-order valence-corrected chi connectivity index (χ1v) is 11.5. The number of aromatic nitrogens is 1. The van der Waals surface area contributed by atoms with Crippen molar-refractivity contribution in [1.82, 2.24) is 10.3 Å².